The minimum Gasteiger partial charge on any atom is -0.497 e. The lowest BCUT2D eigenvalue weighted by Gasteiger charge is -2.11. The summed E-state index contributed by atoms with van der Waals surface area (Å²) in [5.41, 5.74) is 6.33. The molecule has 0 radical (unpaired) electrons. The molecule has 6 heteroatoms. The van der Waals surface area contributed by atoms with E-state index in [1.165, 1.54) is 0 Å². The Morgan fingerprint density at radius 2 is 2.05 bits per heavy atom. The standard InChI is InChI=1S/C16H23N3O3/c1-22-14-4-2-3-11(10-14)15(20)18-7-8-19-16(21)12-5-6-13(17)9-12/h2-4,10,12-13H,5-9,17H2,1H3,(H,18,20)(H,19,21). The number of carbonyl (C=O) groups is 2. The Morgan fingerprint density at radius 3 is 2.73 bits per heavy atom. The van der Waals surface area contributed by atoms with Crippen molar-refractivity contribution in [2.75, 3.05) is 20.2 Å². The quantitative estimate of drug-likeness (QED) is 0.673. The van der Waals surface area contributed by atoms with Gasteiger partial charge in [-0.25, -0.2) is 0 Å². The Hall–Kier alpha value is -2.08. The van der Waals surface area contributed by atoms with Gasteiger partial charge in [0.05, 0.1) is 7.11 Å². The largest absolute Gasteiger partial charge is 0.497 e. The Kier molecular flexibility index (Phi) is 5.77. The van der Waals surface area contributed by atoms with Gasteiger partial charge in [0.1, 0.15) is 5.75 Å². The molecule has 2 atom stereocenters. The summed E-state index contributed by atoms with van der Waals surface area (Å²) in [6.07, 6.45) is 2.51. The highest BCUT2D eigenvalue weighted by atomic mass is 16.5. The molecule has 1 aromatic carbocycles. The van der Waals surface area contributed by atoms with Gasteiger partial charge in [-0.05, 0) is 37.5 Å². The maximum Gasteiger partial charge on any atom is 0.251 e. The molecule has 2 amide bonds. The molecule has 1 saturated carbocycles. The van der Waals surface area contributed by atoms with Crippen LogP contribution in [0.4, 0.5) is 0 Å². The molecule has 0 heterocycles. The predicted molar refractivity (Wildman–Crippen MR) is 83.7 cm³/mol. The normalized spacial score (nSPS) is 20.5. The first kappa shape index (κ1) is 16.3. The molecule has 2 rings (SSSR count). The second-order valence-corrected chi connectivity index (χ2v) is 5.55. The number of nitrogens with two attached hydrogens (primary N) is 1. The van der Waals surface area contributed by atoms with E-state index in [2.05, 4.69) is 10.6 Å². The average molecular weight is 305 g/mol. The highest BCUT2D eigenvalue weighted by Crippen LogP contribution is 2.23. The lowest BCUT2D eigenvalue weighted by atomic mass is 10.1. The highest BCUT2D eigenvalue weighted by molar-refractivity contribution is 5.94. The van der Waals surface area contributed by atoms with Gasteiger partial charge in [-0.3, -0.25) is 9.59 Å². The van der Waals surface area contributed by atoms with Crippen molar-refractivity contribution in [1.29, 1.82) is 0 Å². The van der Waals surface area contributed by atoms with Crippen LogP contribution < -0.4 is 21.1 Å². The molecular weight excluding hydrogens is 282 g/mol. The van der Waals surface area contributed by atoms with Crippen LogP contribution in [-0.2, 0) is 4.79 Å². The predicted octanol–water partition coefficient (Wildman–Crippen LogP) is 0.669. The van der Waals surface area contributed by atoms with Crippen molar-refractivity contribution >= 4 is 11.8 Å². The van der Waals surface area contributed by atoms with Crippen LogP contribution in [0.25, 0.3) is 0 Å². The van der Waals surface area contributed by atoms with E-state index in [1.54, 1.807) is 31.4 Å². The van der Waals surface area contributed by atoms with Crippen LogP contribution in [0.3, 0.4) is 0 Å². The van der Waals surface area contributed by atoms with Crippen molar-refractivity contribution in [3.8, 4) is 5.75 Å². The molecule has 1 aliphatic rings. The van der Waals surface area contributed by atoms with Crippen molar-refractivity contribution < 1.29 is 14.3 Å². The van der Waals surface area contributed by atoms with Crippen LogP contribution in [0.1, 0.15) is 29.6 Å². The Bertz CT molecular complexity index is 533. The van der Waals surface area contributed by atoms with Crippen molar-refractivity contribution in [2.24, 2.45) is 11.7 Å². The van der Waals surface area contributed by atoms with Gasteiger partial charge in [0.2, 0.25) is 5.91 Å². The Morgan fingerprint density at radius 1 is 1.27 bits per heavy atom. The SMILES string of the molecule is COc1cccc(C(=O)NCCNC(=O)C2CCC(N)C2)c1. The third-order valence-electron chi connectivity index (χ3n) is 3.89. The van der Waals surface area contributed by atoms with Gasteiger partial charge in [0.15, 0.2) is 0 Å². The summed E-state index contributed by atoms with van der Waals surface area (Å²) < 4.78 is 5.08. The second kappa shape index (κ2) is 7.79. The van der Waals surface area contributed by atoms with Gasteiger partial charge in [-0.15, -0.1) is 0 Å². The molecule has 0 bridgehead atoms. The van der Waals surface area contributed by atoms with E-state index in [1.807, 2.05) is 0 Å². The molecule has 4 N–H and O–H groups in total. The minimum atomic E-state index is -0.184. The minimum absolute atomic E-state index is 0.0177. The summed E-state index contributed by atoms with van der Waals surface area (Å²) in [7, 11) is 1.56. The summed E-state index contributed by atoms with van der Waals surface area (Å²) in [5.74, 6) is 0.502. The number of hydrogen-bond donors (Lipinski definition) is 3. The number of ether oxygens (including phenoxy) is 1. The zero-order valence-electron chi connectivity index (χ0n) is 12.8. The maximum atomic E-state index is 12.0. The summed E-state index contributed by atoms with van der Waals surface area (Å²) in [5, 5.41) is 5.61. The Labute approximate surface area is 130 Å². The van der Waals surface area contributed by atoms with E-state index < -0.39 is 0 Å². The molecule has 0 saturated heterocycles. The van der Waals surface area contributed by atoms with Crippen LogP contribution in [0.5, 0.6) is 5.75 Å². The molecule has 6 nitrogen and oxygen atoms in total. The van der Waals surface area contributed by atoms with E-state index in [0.29, 0.717) is 24.4 Å². The van der Waals surface area contributed by atoms with Gasteiger partial charge in [0, 0.05) is 30.6 Å². The smallest absolute Gasteiger partial charge is 0.251 e. The van der Waals surface area contributed by atoms with Gasteiger partial charge in [-0.1, -0.05) is 6.07 Å². The molecule has 1 fully saturated rings. The average Bonchev–Trinajstić information content (AvgIpc) is 2.97. The van der Waals surface area contributed by atoms with Gasteiger partial charge in [-0.2, -0.15) is 0 Å². The molecule has 22 heavy (non-hydrogen) atoms. The van der Waals surface area contributed by atoms with Crippen molar-refractivity contribution in [2.45, 2.75) is 25.3 Å². The zero-order valence-corrected chi connectivity index (χ0v) is 12.8. The molecule has 0 spiro atoms. The highest BCUT2D eigenvalue weighted by Gasteiger charge is 2.27. The van der Waals surface area contributed by atoms with E-state index in [-0.39, 0.29) is 23.8 Å². The first-order chi connectivity index (χ1) is 10.6. The first-order valence-electron chi connectivity index (χ1n) is 7.55. The van der Waals surface area contributed by atoms with Gasteiger partial charge < -0.3 is 21.1 Å². The third-order valence-corrected chi connectivity index (χ3v) is 3.89. The number of hydrogen-bond acceptors (Lipinski definition) is 4. The molecule has 1 aromatic rings. The number of amides is 2. The summed E-state index contributed by atoms with van der Waals surface area (Å²) in [4.78, 5) is 23.9. The molecule has 2 unspecified atom stereocenters. The number of carbonyl (C=O) groups excluding carboxylic acids is 2. The van der Waals surface area contributed by atoms with Crippen LogP contribution in [0.15, 0.2) is 24.3 Å². The number of methoxy groups -OCH3 is 1. The molecule has 120 valence electrons. The maximum absolute atomic E-state index is 12.0. The Balaban J connectivity index is 1.69. The topological polar surface area (TPSA) is 93.5 Å². The van der Waals surface area contributed by atoms with E-state index in [9.17, 15) is 9.59 Å². The lowest BCUT2D eigenvalue weighted by molar-refractivity contribution is -0.124. The zero-order chi connectivity index (χ0) is 15.9. The lowest BCUT2D eigenvalue weighted by Crippen LogP contribution is -2.37. The summed E-state index contributed by atoms with van der Waals surface area (Å²) in [6.45, 7) is 0.806. The van der Waals surface area contributed by atoms with Crippen LogP contribution in [0, 0.1) is 5.92 Å². The van der Waals surface area contributed by atoms with Crippen LogP contribution in [0.2, 0.25) is 0 Å². The van der Waals surface area contributed by atoms with E-state index in [0.717, 1.165) is 19.3 Å². The number of benzene rings is 1. The van der Waals surface area contributed by atoms with E-state index >= 15 is 0 Å². The van der Waals surface area contributed by atoms with Gasteiger partial charge in [0.25, 0.3) is 5.91 Å². The molecule has 0 aromatic heterocycles. The molecular formula is C16H23N3O3. The van der Waals surface area contributed by atoms with Gasteiger partial charge >= 0.3 is 0 Å². The van der Waals surface area contributed by atoms with Crippen molar-refractivity contribution in [3.63, 3.8) is 0 Å². The number of rotatable bonds is 6. The van der Waals surface area contributed by atoms with Crippen LogP contribution >= 0.6 is 0 Å². The fraction of sp³-hybridized carbons (Fsp3) is 0.500. The number of nitrogens with one attached hydrogen (secondary N) is 2. The van der Waals surface area contributed by atoms with E-state index in [4.69, 9.17) is 10.5 Å². The molecule has 1 aliphatic carbocycles. The fourth-order valence-electron chi connectivity index (χ4n) is 2.63. The monoisotopic (exact) mass is 305 g/mol. The summed E-state index contributed by atoms with van der Waals surface area (Å²) >= 11 is 0. The first-order valence-corrected chi connectivity index (χ1v) is 7.55. The van der Waals surface area contributed by atoms with Crippen molar-refractivity contribution in [1.82, 2.24) is 10.6 Å². The summed E-state index contributed by atoms with van der Waals surface area (Å²) in [6, 6.07) is 7.08. The molecule has 0 aliphatic heterocycles. The van der Waals surface area contributed by atoms with Crippen molar-refractivity contribution in [3.05, 3.63) is 29.8 Å². The van der Waals surface area contributed by atoms with Crippen LogP contribution in [-0.4, -0.2) is 38.1 Å². The fourth-order valence-corrected chi connectivity index (χ4v) is 2.63. The second-order valence-electron chi connectivity index (χ2n) is 5.55. The third kappa shape index (κ3) is 4.46.